The molecule has 8 heteroatoms. The van der Waals surface area contributed by atoms with Crippen LogP contribution in [0.25, 0.3) is 5.69 Å². The number of nitrogens with zero attached hydrogens (tertiary/aromatic N) is 4. The Bertz CT molecular complexity index is 805. The maximum Gasteiger partial charge on any atom is 0.258 e. The molecule has 0 saturated heterocycles. The molecule has 1 heterocycles. The van der Waals surface area contributed by atoms with E-state index in [1.807, 2.05) is 30.3 Å². The molecule has 0 fully saturated rings. The molecule has 1 aromatic heterocycles. The lowest BCUT2D eigenvalue weighted by molar-refractivity contribution is -0.123. The maximum atomic E-state index is 11.9. The van der Waals surface area contributed by atoms with Crippen LogP contribution in [0.4, 0.5) is 0 Å². The van der Waals surface area contributed by atoms with Gasteiger partial charge in [0.1, 0.15) is 5.75 Å². The average molecular weight is 344 g/mol. The second kappa shape index (κ2) is 7.56. The molecule has 0 aliphatic carbocycles. The molecule has 3 rings (SSSR count). The Balaban J connectivity index is 1.54. The number of tetrazole rings is 1. The fourth-order valence-electron chi connectivity index (χ4n) is 1.99. The topological polar surface area (TPSA) is 81.9 Å². The number of benzene rings is 2. The fourth-order valence-corrected chi connectivity index (χ4v) is 2.12. The van der Waals surface area contributed by atoms with Gasteiger partial charge in [0, 0.05) is 5.02 Å². The number of carbonyl (C=O) groups excluding carboxylic acids is 1. The van der Waals surface area contributed by atoms with E-state index >= 15 is 0 Å². The Kier molecular flexibility index (Phi) is 5.02. The van der Waals surface area contributed by atoms with E-state index in [9.17, 15) is 4.79 Å². The number of hydrogen-bond donors (Lipinski definition) is 1. The van der Waals surface area contributed by atoms with Gasteiger partial charge in [0.15, 0.2) is 12.4 Å². The molecule has 3 aromatic rings. The van der Waals surface area contributed by atoms with E-state index in [1.54, 1.807) is 28.9 Å². The first-order valence-corrected chi connectivity index (χ1v) is 7.58. The van der Waals surface area contributed by atoms with Gasteiger partial charge in [0.2, 0.25) is 0 Å². The third-order valence-electron chi connectivity index (χ3n) is 3.16. The molecule has 1 amide bonds. The van der Waals surface area contributed by atoms with E-state index in [-0.39, 0.29) is 19.1 Å². The smallest absolute Gasteiger partial charge is 0.258 e. The molecule has 0 bridgehead atoms. The summed E-state index contributed by atoms with van der Waals surface area (Å²) in [5.41, 5.74) is 0.823. The highest BCUT2D eigenvalue weighted by atomic mass is 35.5. The quantitative estimate of drug-likeness (QED) is 0.740. The summed E-state index contributed by atoms with van der Waals surface area (Å²) >= 11 is 5.79. The molecular formula is C16H14ClN5O2. The maximum absolute atomic E-state index is 11.9. The van der Waals surface area contributed by atoms with Crippen LogP contribution >= 0.6 is 11.6 Å². The summed E-state index contributed by atoms with van der Waals surface area (Å²) in [6, 6.07) is 16.2. The van der Waals surface area contributed by atoms with E-state index in [0.29, 0.717) is 16.6 Å². The third kappa shape index (κ3) is 4.08. The number of halogens is 1. The molecule has 0 unspecified atom stereocenters. The van der Waals surface area contributed by atoms with Gasteiger partial charge < -0.3 is 10.1 Å². The summed E-state index contributed by atoms with van der Waals surface area (Å²) in [7, 11) is 0. The number of ether oxygens (including phenoxy) is 1. The summed E-state index contributed by atoms with van der Waals surface area (Å²) < 4.78 is 6.95. The lowest BCUT2D eigenvalue weighted by Gasteiger charge is -2.08. The van der Waals surface area contributed by atoms with Gasteiger partial charge in [-0.1, -0.05) is 29.8 Å². The number of para-hydroxylation sites is 1. The lowest BCUT2D eigenvalue weighted by atomic mass is 10.3. The van der Waals surface area contributed by atoms with Crippen LogP contribution in [0.3, 0.4) is 0 Å². The summed E-state index contributed by atoms with van der Waals surface area (Å²) in [4.78, 5) is 11.9. The van der Waals surface area contributed by atoms with Crippen LogP contribution in [0.2, 0.25) is 5.02 Å². The van der Waals surface area contributed by atoms with Crippen LogP contribution in [0.15, 0.2) is 54.6 Å². The molecule has 0 aliphatic heterocycles. The Labute approximate surface area is 143 Å². The molecule has 7 nitrogen and oxygen atoms in total. The summed E-state index contributed by atoms with van der Waals surface area (Å²) in [5.74, 6) is 0.831. The predicted molar refractivity (Wildman–Crippen MR) is 87.9 cm³/mol. The zero-order valence-corrected chi connectivity index (χ0v) is 13.3. The van der Waals surface area contributed by atoms with Crippen LogP contribution in [0.1, 0.15) is 5.82 Å². The van der Waals surface area contributed by atoms with Gasteiger partial charge in [-0.25, -0.2) is 0 Å². The molecule has 2 aromatic carbocycles. The van der Waals surface area contributed by atoms with Gasteiger partial charge in [-0.3, -0.25) is 4.79 Å². The van der Waals surface area contributed by atoms with Crippen molar-refractivity contribution in [1.82, 2.24) is 25.5 Å². The molecule has 0 aliphatic rings. The minimum absolute atomic E-state index is 0.103. The standard InChI is InChI=1S/C16H14ClN5O2/c17-12-6-8-14(9-7-12)24-11-16(23)18-10-15-19-20-21-22(15)13-4-2-1-3-5-13/h1-9H,10-11H2,(H,18,23). The molecule has 24 heavy (non-hydrogen) atoms. The Morgan fingerprint density at radius 1 is 1.12 bits per heavy atom. The minimum Gasteiger partial charge on any atom is -0.484 e. The normalized spacial score (nSPS) is 10.4. The van der Waals surface area contributed by atoms with E-state index in [4.69, 9.17) is 16.3 Å². The molecule has 0 radical (unpaired) electrons. The number of amides is 1. The summed E-state index contributed by atoms with van der Waals surface area (Å²) in [6.07, 6.45) is 0. The van der Waals surface area contributed by atoms with Crippen molar-refractivity contribution in [2.45, 2.75) is 6.54 Å². The van der Waals surface area contributed by atoms with Crippen molar-refractivity contribution in [3.05, 3.63) is 65.4 Å². The summed E-state index contributed by atoms with van der Waals surface area (Å²) in [5, 5.41) is 14.8. The number of hydrogen-bond acceptors (Lipinski definition) is 5. The molecule has 0 spiro atoms. The highest BCUT2D eigenvalue weighted by Crippen LogP contribution is 2.15. The van der Waals surface area contributed by atoms with Crippen LogP contribution in [0.5, 0.6) is 5.75 Å². The minimum atomic E-state index is -0.271. The monoisotopic (exact) mass is 343 g/mol. The van der Waals surface area contributed by atoms with Gasteiger partial charge >= 0.3 is 0 Å². The number of nitrogens with one attached hydrogen (secondary N) is 1. The van der Waals surface area contributed by atoms with Crippen LogP contribution in [-0.2, 0) is 11.3 Å². The van der Waals surface area contributed by atoms with Gasteiger partial charge in [0.25, 0.3) is 5.91 Å². The lowest BCUT2D eigenvalue weighted by Crippen LogP contribution is -2.29. The van der Waals surface area contributed by atoms with Crippen molar-refractivity contribution in [2.75, 3.05) is 6.61 Å². The molecule has 1 N–H and O–H groups in total. The van der Waals surface area contributed by atoms with Crippen LogP contribution < -0.4 is 10.1 Å². The second-order valence-electron chi connectivity index (χ2n) is 4.86. The van der Waals surface area contributed by atoms with Crippen LogP contribution in [-0.4, -0.2) is 32.7 Å². The summed E-state index contributed by atoms with van der Waals surface area (Å²) in [6.45, 7) is 0.0965. The van der Waals surface area contributed by atoms with Gasteiger partial charge in [-0.15, -0.1) is 5.10 Å². The van der Waals surface area contributed by atoms with Crippen molar-refractivity contribution in [2.24, 2.45) is 0 Å². The van der Waals surface area contributed by atoms with Crippen molar-refractivity contribution < 1.29 is 9.53 Å². The third-order valence-corrected chi connectivity index (χ3v) is 3.41. The Morgan fingerprint density at radius 3 is 2.62 bits per heavy atom. The van der Waals surface area contributed by atoms with E-state index < -0.39 is 0 Å². The largest absolute Gasteiger partial charge is 0.484 e. The van der Waals surface area contributed by atoms with Crippen molar-refractivity contribution >= 4 is 17.5 Å². The highest BCUT2D eigenvalue weighted by molar-refractivity contribution is 6.30. The average Bonchev–Trinajstić information content (AvgIpc) is 3.09. The van der Waals surface area contributed by atoms with Crippen LogP contribution in [0, 0.1) is 0 Å². The zero-order chi connectivity index (χ0) is 16.8. The number of rotatable bonds is 6. The molecule has 0 saturated carbocycles. The van der Waals surface area contributed by atoms with Crippen molar-refractivity contribution in [3.8, 4) is 11.4 Å². The predicted octanol–water partition coefficient (Wildman–Crippen LogP) is 2.01. The van der Waals surface area contributed by atoms with E-state index in [1.165, 1.54) is 0 Å². The fraction of sp³-hybridized carbons (Fsp3) is 0.125. The van der Waals surface area contributed by atoms with Gasteiger partial charge in [-0.05, 0) is 46.8 Å². The van der Waals surface area contributed by atoms with Gasteiger partial charge in [0.05, 0.1) is 12.2 Å². The Hall–Kier alpha value is -2.93. The first-order chi connectivity index (χ1) is 11.7. The highest BCUT2D eigenvalue weighted by Gasteiger charge is 2.10. The van der Waals surface area contributed by atoms with Crippen molar-refractivity contribution in [3.63, 3.8) is 0 Å². The zero-order valence-electron chi connectivity index (χ0n) is 12.6. The molecule has 0 atom stereocenters. The first kappa shape index (κ1) is 15.9. The second-order valence-corrected chi connectivity index (χ2v) is 5.30. The van der Waals surface area contributed by atoms with E-state index in [2.05, 4.69) is 20.8 Å². The SMILES string of the molecule is O=C(COc1ccc(Cl)cc1)NCc1nnnn1-c1ccccc1. The van der Waals surface area contributed by atoms with E-state index in [0.717, 1.165) is 5.69 Å². The molecular weight excluding hydrogens is 330 g/mol. The number of aromatic nitrogens is 4. The number of carbonyl (C=O) groups is 1. The van der Waals surface area contributed by atoms with Gasteiger partial charge in [-0.2, -0.15) is 4.68 Å². The Morgan fingerprint density at radius 2 is 1.88 bits per heavy atom. The van der Waals surface area contributed by atoms with Crippen molar-refractivity contribution in [1.29, 1.82) is 0 Å². The molecule has 122 valence electrons. The first-order valence-electron chi connectivity index (χ1n) is 7.20.